The zero-order valence-electron chi connectivity index (χ0n) is 10.0. The maximum absolute atomic E-state index is 12.1. The third-order valence-electron chi connectivity index (χ3n) is 2.72. The second-order valence-electron chi connectivity index (χ2n) is 4.01. The fourth-order valence-corrected chi connectivity index (χ4v) is 1.84. The number of amides is 3. The van der Waals surface area contributed by atoms with Gasteiger partial charge in [0, 0.05) is 13.1 Å². The van der Waals surface area contributed by atoms with Crippen molar-refractivity contribution in [2.45, 2.75) is 13.0 Å². The molecular weight excluding hydrogens is 232 g/mol. The maximum atomic E-state index is 12.1. The summed E-state index contributed by atoms with van der Waals surface area (Å²) in [6.07, 6.45) is 1.43. The zero-order valence-corrected chi connectivity index (χ0v) is 10.0. The van der Waals surface area contributed by atoms with E-state index in [0.717, 1.165) is 18.5 Å². The second kappa shape index (κ2) is 6.02. The number of rotatable bonds is 4. The van der Waals surface area contributed by atoms with E-state index in [1.165, 1.54) is 10.0 Å². The molecule has 3 amide bonds. The van der Waals surface area contributed by atoms with Crippen LogP contribution < -0.4 is 10.9 Å². The molecule has 0 saturated carbocycles. The summed E-state index contributed by atoms with van der Waals surface area (Å²) >= 11 is 0. The van der Waals surface area contributed by atoms with Gasteiger partial charge < -0.3 is 0 Å². The van der Waals surface area contributed by atoms with Gasteiger partial charge in [0.25, 0.3) is 0 Å². The van der Waals surface area contributed by atoms with Gasteiger partial charge in [0.2, 0.25) is 6.41 Å². The van der Waals surface area contributed by atoms with Crippen molar-refractivity contribution in [3.63, 3.8) is 0 Å². The molecule has 1 saturated heterocycles. The van der Waals surface area contributed by atoms with E-state index >= 15 is 0 Å². The number of hydrogen-bond acceptors (Lipinski definition) is 3. The number of urea groups is 1. The van der Waals surface area contributed by atoms with E-state index in [2.05, 4.69) is 10.9 Å². The fourth-order valence-electron chi connectivity index (χ4n) is 1.84. The molecule has 0 bridgehead atoms. The van der Waals surface area contributed by atoms with E-state index in [0.29, 0.717) is 19.5 Å². The van der Waals surface area contributed by atoms with Crippen LogP contribution in [0.4, 0.5) is 4.79 Å². The van der Waals surface area contributed by atoms with Crippen LogP contribution >= 0.6 is 0 Å². The molecule has 0 spiro atoms. The molecule has 1 aliphatic heterocycles. The summed E-state index contributed by atoms with van der Waals surface area (Å²) < 4.78 is 0. The van der Waals surface area contributed by atoms with Crippen LogP contribution in [0.25, 0.3) is 0 Å². The zero-order chi connectivity index (χ0) is 12.8. The van der Waals surface area contributed by atoms with Gasteiger partial charge in [-0.15, -0.1) is 0 Å². The van der Waals surface area contributed by atoms with Crippen molar-refractivity contribution >= 4 is 12.4 Å². The number of carbonyl (C=O) groups excluding carboxylic acids is 2. The molecular formula is C12H16N4O2. The Morgan fingerprint density at radius 3 is 2.83 bits per heavy atom. The topological polar surface area (TPSA) is 64.7 Å². The quantitative estimate of drug-likeness (QED) is 0.601. The molecule has 6 nitrogen and oxygen atoms in total. The molecule has 1 aromatic rings. The highest BCUT2D eigenvalue weighted by Gasteiger charge is 2.23. The van der Waals surface area contributed by atoms with Gasteiger partial charge in [0.1, 0.15) is 0 Å². The van der Waals surface area contributed by atoms with E-state index in [1.54, 1.807) is 0 Å². The van der Waals surface area contributed by atoms with Crippen molar-refractivity contribution in [2.75, 3.05) is 13.1 Å². The molecule has 2 rings (SSSR count). The van der Waals surface area contributed by atoms with Gasteiger partial charge >= 0.3 is 6.03 Å². The minimum atomic E-state index is -0.247. The summed E-state index contributed by atoms with van der Waals surface area (Å²) in [5.74, 6) is 0. The smallest absolute Gasteiger partial charge is 0.277 e. The molecule has 2 N–H and O–H groups in total. The summed E-state index contributed by atoms with van der Waals surface area (Å²) in [5.41, 5.74) is 6.35. The average molecular weight is 248 g/mol. The van der Waals surface area contributed by atoms with Crippen molar-refractivity contribution in [1.29, 1.82) is 0 Å². The van der Waals surface area contributed by atoms with Crippen LogP contribution in [0, 0.1) is 0 Å². The van der Waals surface area contributed by atoms with Crippen LogP contribution in [0.5, 0.6) is 0 Å². The van der Waals surface area contributed by atoms with Crippen molar-refractivity contribution in [3.8, 4) is 0 Å². The van der Waals surface area contributed by atoms with E-state index in [1.807, 2.05) is 30.3 Å². The minimum Gasteiger partial charge on any atom is -0.277 e. The molecule has 1 fully saturated rings. The summed E-state index contributed by atoms with van der Waals surface area (Å²) in [6, 6.07) is 9.27. The first-order chi connectivity index (χ1) is 8.81. The predicted molar refractivity (Wildman–Crippen MR) is 65.9 cm³/mol. The van der Waals surface area contributed by atoms with Crippen LogP contribution in [0.3, 0.4) is 0 Å². The summed E-state index contributed by atoms with van der Waals surface area (Å²) in [4.78, 5) is 22.7. The largest absolute Gasteiger partial charge is 0.353 e. The van der Waals surface area contributed by atoms with E-state index < -0.39 is 0 Å². The van der Waals surface area contributed by atoms with Crippen LogP contribution in [0.1, 0.15) is 12.0 Å². The summed E-state index contributed by atoms with van der Waals surface area (Å²) in [5, 5.41) is 2.81. The third-order valence-corrected chi connectivity index (χ3v) is 2.72. The first kappa shape index (κ1) is 12.4. The van der Waals surface area contributed by atoms with Crippen LogP contribution in [-0.4, -0.2) is 35.5 Å². The molecule has 0 atom stereocenters. The monoisotopic (exact) mass is 248 g/mol. The van der Waals surface area contributed by atoms with Crippen LogP contribution in [0.15, 0.2) is 30.3 Å². The van der Waals surface area contributed by atoms with E-state index in [9.17, 15) is 9.59 Å². The lowest BCUT2D eigenvalue weighted by Crippen LogP contribution is -2.51. The van der Waals surface area contributed by atoms with Crippen molar-refractivity contribution in [2.24, 2.45) is 0 Å². The Kier molecular flexibility index (Phi) is 4.14. The standard InChI is InChI=1S/C12H16N4O2/c17-10-14-16(9-11-5-2-1-3-6-11)12(18)15-8-4-7-13-15/h1-3,5-6,10,13H,4,7-9H2,(H,14,17). The summed E-state index contributed by atoms with van der Waals surface area (Å²) in [7, 11) is 0. The highest BCUT2D eigenvalue weighted by molar-refractivity contribution is 5.75. The Hall–Kier alpha value is -2.08. The number of hydrogen-bond donors (Lipinski definition) is 2. The highest BCUT2D eigenvalue weighted by Crippen LogP contribution is 2.06. The Morgan fingerprint density at radius 1 is 1.44 bits per heavy atom. The van der Waals surface area contributed by atoms with Crippen LogP contribution in [0.2, 0.25) is 0 Å². The van der Waals surface area contributed by atoms with Crippen LogP contribution in [-0.2, 0) is 11.3 Å². The molecule has 0 aliphatic carbocycles. The predicted octanol–water partition coefficient (Wildman–Crippen LogP) is 0.480. The van der Waals surface area contributed by atoms with Gasteiger partial charge in [0.05, 0.1) is 6.54 Å². The van der Waals surface area contributed by atoms with Gasteiger partial charge in [-0.1, -0.05) is 30.3 Å². The molecule has 0 aromatic heterocycles. The lowest BCUT2D eigenvalue weighted by atomic mass is 10.2. The molecule has 1 aliphatic rings. The van der Waals surface area contributed by atoms with E-state index in [-0.39, 0.29) is 6.03 Å². The number of nitrogens with zero attached hydrogens (tertiary/aromatic N) is 2. The first-order valence-corrected chi connectivity index (χ1v) is 5.87. The molecule has 0 unspecified atom stereocenters. The van der Waals surface area contributed by atoms with Gasteiger partial charge in [-0.05, 0) is 12.0 Å². The van der Waals surface area contributed by atoms with Gasteiger partial charge in [-0.25, -0.2) is 15.2 Å². The fraction of sp³-hybridized carbons (Fsp3) is 0.333. The van der Waals surface area contributed by atoms with Crippen molar-refractivity contribution in [3.05, 3.63) is 35.9 Å². The lowest BCUT2D eigenvalue weighted by Gasteiger charge is -2.26. The first-order valence-electron chi connectivity index (χ1n) is 5.87. The maximum Gasteiger partial charge on any atom is 0.353 e. The molecule has 6 heteroatoms. The number of nitrogens with one attached hydrogen (secondary N) is 2. The van der Waals surface area contributed by atoms with Crippen molar-refractivity contribution in [1.82, 2.24) is 20.9 Å². The Bertz CT molecular complexity index is 404. The van der Waals surface area contributed by atoms with Gasteiger partial charge in [0.15, 0.2) is 0 Å². The molecule has 0 radical (unpaired) electrons. The average Bonchev–Trinajstić information content (AvgIpc) is 2.92. The molecule has 1 aromatic carbocycles. The Morgan fingerprint density at radius 2 is 2.22 bits per heavy atom. The molecule has 1 heterocycles. The second-order valence-corrected chi connectivity index (χ2v) is 4.01. The molecule has 18 heavy (non-hydrogen) atoms. The summed E-state index contributed by atoms with van der Waals surface area (Å²) in [6.45, 7) is 1.78. The normalized spacial score (nSPS) is 14.3. The SMILES string of the molecule is O=CNN(Cc1ccccc1)C(=O)N1CCCN1. The Labute approximate surface area is 105 Å². The third kappa shape index (κ3) is 2.98. The highest BCUT2D eigenvalue weighted by atomic mass is 16.2. The number of benzene rings is 1. The van der Waals surface area contributed by atoms with E-state index in [4.69, 9.17) is 0 Å². The number of hydrazine groups is 2. The lowest BCUT2D eigenvalue weighted by molar-refractivity contribution is -0.113. The minimum absolute atomic E-state index is 0.247. The van der Waals surface area contributed by atoms with Gasteiger partial charge in [-0.3, -0.25) is 15.2 Å². The van der Waals surface area contributed by atoms with Gasteiger partial charge in [-0.2, -0.15) is 0 Å². The Balaban J connectivity index is 2.03. The molecule has 96 valence electrons. The number of carbonyl (C=O) groups is 2. The van der Waals surface area contributed by atoms with Crippen molar-refractivity contribution < 1.29 is 9.59 Å².